The van der Waals surface area contributed by atoms with Crippen molar-refractivity contribution in [2.45, 2.75) is 38.1 Å². The third kappa shape index (κ3) is 4.37. The molecular weight excluding hydrogens is 350 g/mol. The van der Waals surface area contributed by atoms with Gasteiger partial charge in [-0.3, -0.25) is 0 Å². The van der Waals surface area contributed by atoms with Gasteiger partial charge in [-0.1, -0.05) is 32.0 Å². The molecule has 1 heterocycles. The van der Waals surface area contributed by atoms with Crippen molar-refractivity contribution in [1.82, 2.24) is 4.72 Å². The SMILES string of the molecule is CC(C)Cc1ccc(S(=O)(=O)NC(C)c2ccc3c(c2)OCCO3)cc1. The molecule has 0 bridgehead atoms. The molecule has 2 aromatic carbocycles. The number of fused-ring (bicyclic) bond motifs is 1. The van der Waals surface area contributed by atoms with Gasteiger partial charge in [-0.15, -0.1) is 0 Å². The van der Waals surface area contributed by atoms with Crippen LogP contribution in [-0.4, -0.2) is 21.6 Å². The second-order valence-electron chi connectivity index (χ2n) is 6.99. The van der Waals surface area contributed by atoms with Gasteiger partial charge >= 0.3 is 0 Å². The molecule has 3 rings (SSSR count). The van der Waals surface area contributed by atoms with E-state index in [4.69, 9.17) is 9.47 Å². The Morgan fingerprint density at radius 2 is 1.62 bits per heavy atom. The van der Waals surface area contributed by atoms with E-state index in [-0.39, 0.29) is 10.9 Å². The van der Waals surface area contributed by atoms with E-state index in [0.29, 0.717) is 30.6 Å². The zero-order chi connectivity index (χ0) is 18.7. The lowest BCUT2D eigenvalue weighted by Crippen LogP contribution is -2.27. The van der Waals surface area contributed by atoms with Crippen molar-refractivity contribution in [1.29, 1.82) is 0 Å². The average molecular weight is 375 g/mol. The molecule has 1 aliphatic rings. The van der Waals surface area contributed by atoms with E-state index in [1.165, 1.54) is 0 Å². The number of hydrogen-bond donors (Lipinski definition) is 1. The van der Waals surface area contributed by atoms with Crippen molar-refractivity contribution in [3.63, 3.8) is 0 Å². The van der Waals surface area contributed by atoms with E-state index in [1.807, 2.05) is 37.3 Å². The van der Waals surface area contributed by atoms with Gasteiger partial charge in [0.25, 0.3) is 0 Å². The minimum atomic E-state index is -3.60. The first-order valence-corrected chi connectivity index (χ1v) is 10.3. The van der Waals surface area contributed by atoms with Crippen LogP contribution in [0.3, 0.4) is 0 Å². The molecule has 6 heteroatoms. The summed E-state index contributed by atoms with van der Waals surface area (Å²) in [5.41, 5.74) is 1.97. The molecule has 0 radical (unpaired) electrons. The lowest BCUT2D eigenvalue weighted by atomic mass is 10.0. The van der Waals surface area contributed by atoms with Crippen LogP contribution < -0.4 is 14.2 Å². The van der Waals surface area contributed by atoms with Crippen LogP contribution in [0, 0.1) is 5.92 Å². The molecule has 5 nitrogen and oxygen atoms in total. The lowest BCUT2D eigenvalue weighted by molar-refractivity contribution is 0.171. The van der Waals surface area contributed by atoms with Crippen molar-refractivity contribution in [3.8, 4) is 11.5 Å². The van der Waals surface area contributed by atoms with Gasteiger partial charge < -0.3 is 9.47 Å². The fraction of sp³-hybridized carbons (Fsp3) is 0.400. The first kappa shape index (κ1) is 18.7. The highest BCUT2D eigenvalue weighted by atomic mass is 32.2. The van der Waals surface area contributed by atoms with Gasteiger partial charge in [-0.25, -0.2) is 13.1 Å². The van der Waals surface area contributed by atoms with Gasteiger partial charge in [0.1, 0.15) is 13.2 Å². The fourth-order valence-corrected chi connectivity index (χ4v) is 4.21. The number of ether oxygens (including phenoxy) is 2. The largest absolute Gasteiger partial charge is 0.486 e. The monoisotopic (exact) mass is 375 g/mol. The Morgan fingerprint density at radius 3 is 2.27 bits per heavy atom. The minimum absolute atomic E-state index is 0.273. The predicted molar refractivity (Wildman–Crippen MR) is 101 cm³/mol. The van der Waals surface area contributed by atoms with Crippen LogP contribution in [0.15, 0.2) is 47.4 Å². The summed E-state index contributed by atoms with van der Waals surface area (Å²) in [7, 11) is -3.60. The summed E-state index contributed by atoms with van der Waals surface area (Å²) >= 11 is 0. The molecule has 0 spiro atoms. The van der Waals surface area contributed by atoms with Crippen LogP contribution in [-0.2, 0) is 16.4 Å². The Morgan fingerprint density at radius 1 is 0.962 bits per heavy atom. The van der Waals surface area contributed by atoms with Gasteiger partial charge in [0.15, 0.2) is 11.5 Å². The lowest BCUT2D eigenvalue weighted by Gasteiger charge is -2.21. The third-order valence-corrected chi connectivity index (χ3v) is 5.83. The fourth-order valence-electron chi connectivity index (χ4n) is 2.97. The Bertz CT molecular complexity index is 860. The van der Waals surface area contributed by atoms with Gasteiger partial charge in [-0.05, 0) is 54.7 Å². The van der Waals surface area contributed by atoms with E-state index < -0.39 is 10.0 Å². The summed E-state index contributed by atoms with van der Waals surface area (Å²) in [5, 5.41) is 0. The predicted octanol–water partition coefficient (Wildman–Crippen LogP) is 3.70. The van der Waals surface area contributed by atoms with Gasteiger partial charge in [0, 0.05) is 6.04 Å². The number of sulfonamides is 1. The highest BCUT2D eigenvalue weighted by Gasteiger charge is 2.20. The van der Waals surface area contributed by atoms with E-state index >= 15 is 0 Å². The highest BCUT2D eigenvalue weighted by Crippen LogP contribution is 2.33. The quantitative estimate of drug-likeness (QED) is 0.836. The first-order valence-electron chi connectivity index (χ1n) is 8.86. The molecule has 0 saturated heterocycles. The summed E-state index contributed by atoms with van der Waals surface area (Å²) in [6, 6.07) is 12.2. The molecule has 0 aliphatic carbocycles. The van der Waals surface area contributed by atoms with Gasteiger partial charge in [0.05, 0.1) is 4.90 Å². The van der Waals surface area contributed by atoms with Crippen molar-refractivity contribution >= 4 is 10.0 Å². The summed E-state index contributed by atoms with van der Waals surface area (Å²) in [6.07, 6.45) is 0.932. The summed E-state index contributed by atoms with van der Waals surface area (Å²) in [4.78, 5) is 0.273. The van der Waals surface area contributed by atoms with Crippen LogP contribution >= 0.6 is 0 Å². The Balaban J connectivity index is 1.74. The molecule has 1 N–H and O–H groups in total. The first-order chi connectivity index (χ1) is 12.3. The Kier molecular flexibility index (Phi) is 5.53. The zero-order valence-corrected chi connectivity index (χ0v) is 16.2. The summed E-state index contributed by atoms with van der Waals surface area (Å²) in [6.45, 7) is 7.12. The zero-order valence-electron chi connectivity index (χ0n) is 15.4. The number of hydrogen-bond acceptors (Lipinski definition) is 4. The molecule has 140 valence electrons. The Hall–Kier alpha value is -2.05. The van der Waals surface area contributed by atoms with Crippen molar-refractivity contribution in [3.05, 3.63) is 53.6 Å². The number of rotatable bonds is 6. The standard InChI is InChI=1S/C20H25NO4S/c1-14(2)12-16-4-7-18(8-5-16)26(22,23)21-15(3)17-6-9-19-20(13-17)25-11-10-24-19/h4-9,13-15,21H,10-12H2,1-3H3. The second kappa shape index (κ2) is 7.68. The van der Waals surface area contributed by atoms with E-state index in [2.05, 4.69) is 18.6 Å². The summed E-state index contributed by atoms with van der Waals surface area (Å²) in [5.74, 6) is 1.87. The van der Waals surface area contributed by atoms with E-state index in [0.717, 1.165) is 17.5 Å². The van der Waals surface area contributed by atoms with E-state index in [1.54, 1.807) is 12.1 Å². The molecule has 2 aromatic rings. The normalized spacial score (nSPS) is 15.1. The molecule has 26 heavy (non-hydrogen) atoms. The molecule has 0 fully saturated rings. The van der Waals surface area contributed by atoms with Gasteiger partial charge in [0.2, 0.25) is 10.0 Å². The smallest absolute Gasteiger partial charge is 0.241 e. The van der Waals surface area contributed by atoms with Crippen LogP contribution in [0.5, 0.6) is 11.5 Å². The van der Waals surface area contributed by atoms with Crippen LogP contribution in [0.4, 0.5) is 0 Å². The number of benzene rings is 2. The molecule has 1 unspecified atom stereocenters. The van der Waals surface area contributed by atoms with Crippen molar-refractivity contribution < 1.29 is 17.9 Å². The average Bonchev–Trinajstić information content (AvgIpc) is 2.61. The molecule has 0 aromatic heterocycles. The number of nitrogens with one attached hydrogen (secondary N) is 1. The maximum absolute atomic E-state index is 12.7. The van der Waals surface area contributed by atoms with Crippen molar-refractivity contribution in [2.24, 2.45) is 5.92 Å². The molecule has 0 saturated carbocycles. The van der Waals surface area contributed by atoms with Crippen LogP contribution in [0.2, 0.25) is 0 Å². The van der Waals surface area contributed by atoms with Gasteiger partial charge in [-0.2, -0.15) is 0 Å². The Labute approximate surface area is 155 Å². The summed E-state index contributed by atoms with van der Waals surface area (Å²) < 4.78 is 39.1. The van der Waals surface area contributed by atoms with E-state index in [9.17, 15) is 8.42 Å². The molecule has 1 aliphatic heterocycles. The maximum atomic E-state index is 12.7. The third-order valence-electron chi connectivity index (χ3n) is 4.28. The topological polar surface area (TPSA) is 64.6 Å². The molecule has 0 amide bonds. The molecule has 1 atom stereocenters. The van der Waals surface area contributed by atoms with Crippen molar-refractivity contribution in [2.75, 3.05) is 13.2 Å². The second-order valence-corrected chi connectivity index (χ2v) is 8.70. The molecular formula is C20H25NO4S. The van der Waals surface area contributed by atoms with Crippen LogP contribution in [0.1, 0.15) is 37.9 Å². The van der Waals surface area contributed by atoms with Crippen LogP contribution in [0.25, 0.3) is 0 Å². The highest BCUT2D eigenvalue weighted by molar-refractivity contribution is 7.89. The minimum Gasteiger partial charge on any atom is -0.486 e. The maximum Gasteiger partial charge on any atom is 0.241 e.